The fourth-order valence-corrected chi connectivity index (χ4v) is 3.59. The molecule has 7 nitrogen and oxygen atoms in total. The molecule has 0 spiro atoms. The summed E-state index contributed by atoms with van der Waals surface area (Å²) in [6.07, 6.45) is 5.50. The van der Waals surface area contributed by atoms with Crippen molar-refractivity contribution < 1.29 is 9.47 Å². The smallest absolute Gasteiger partial charge is 0.215 e. The molecule has 0 bridgehead atoms. The van der Waals surface area contributed by atoms with Crippen molar-refractivity contribution in [3.8, 4) is 39.9 Å². The lowest BCUT2D eigenvalue weighted by atomic mass is 10.0. The van der Waals surface area contributed by atoms with E-state index < -0.39 is 0 Å². The van der Waals surface area contributed by atoms with Crippen LogP contribution < -0.4 is 9.47 Å². The number of nitrogens with one attached hydrogen (secondary N) is 1. The van der Waals surface area contributed by atoms with Gasteiger partial charge in [0, 0.05) is 36.1 Å². The number of imidazole rings is 1. The maximum absolute atomic E-state index is 6.37. The zero-order valence-electron chi connectivity index (χ0n) is 17.5. The minimum atomic E-state index is 0.606. The lowest BCUT2D eigenvalue weighted by Crippen LogP contribution is -1.94. The van der Waals surface area contributed by atoms with E-state index in [1.807, 2.05) is 68.7 Å². The molecule has 0 aliphatic rings. The number of methoxy groups -OCH3 is 1. The summed E-state index contributed by atoms with van der Waals surface area (Å²) in [6.45, 7) is 1.97. The first kappa shape index (κ1) is 18.9. The van der Waals surface area contributed by atoms with E-state index in [-0.39, 0.29) is 0 Å². The first-order valence-corrected chi connectivity index (χ1v) is 9.88. The van der Waals surface area contributed by atoms with E-state index in [9.17, 15) is 0 Å². The molecule has 0 unspecified atom stereocenters. The monoisotopic (exact) mass is 411 g/mol. The fraction of sp³-hybridized carbons (Fsp3) is 0.125. The van der Waals surface area contributed by atoms with Crippen LogP contribution in [0.15, 0.2) is 67.1 Å². The Labute approximate surface area is 179 Å². The standard InChI is InChI=1S/C24H21N5O2/c1-15-11-16(12-25-24(15)30-3)19-9-10-20-21(22(19)31-18-7-5-4-6-8-18)28-23(27-20)17-13-26-29(2)14-17/h4-14H,1-3H3,(H,27,28). The van der Waals surface area contributed by atoms with Gasteiger partial charge in [0.1, 0.15) is 17.1 Å². The summed E-state index contributed by atoms with van der Waals surface area (Å²) in [5.74, 6) is 2.75. The number of fused-ring (bicyclic) bond motifs is 1. The first-order valence-electron chi connectivity index (χ1n) is 9.88. The topological polar surface area (TPSA) is 77.9 Å². The number of aryl methyl sites for hydroxylation is 2. The number of ether oxygens (including phenoxy) is 2. The lowest BCUT2D eigenvalue weighted by molar-refractivity contribution is 0.394. The molecule has 0 saturated heterocycles. The fourth-order valence-electron chi connectivity index (χ4n) is 3.59. The van der Waals surface area contributed by atoms with Crippen molar-refractivity contribution in [3.63, 3.8) is 0 Å². The molecule has 0 amide bonds. The highest BCUT2D eigenvalue weighted by Gasteiger charge is 2.18. The van der Waals surface area contributed by atoms with Crippen molar-refractivity contribution in [1.29, 1.82) is 0 Å². The van der Waals surface area contributed by atoms with E-state index in [0.717, 1.165) is 44.9 Å². The normalized spacial score (nSPS) is 11.1. The van der Waals surface area contributed by atoms with Gasteiger partial charge in [-0.2, -0.15) is 5.10 Å². The number of pyridine rings is 1. The van der Waals surface area contributed by atoms with Gasteiger partial charge in [-0.3, -0.25) is 4.68 Å². The Kier molecular flexibility index (Phi) is 4.63. The number of para-hydroxylation sites is 1. The second-order valence-corrected chi connectivity index (χ2v) is 7.29. The van der Waals surface area contributed by atoms with E-state index in [2.05, 4.69) is 15.1 Å². The molecule has 0 radical (unpaired) electrons. The maximum atomic E-state index is 6.37. The third-order valence-corrected chi connectivity index (χ3v) is 5.08. The zero-order valence-corrected chi connectivity index (χ0v) is 17.5. The quantitative estimate of drug-likeness (QED) is 0.434. The van der Waals surface area contributed by atoms with Gasteiger partial charge in [0.05, 0.1) is 24.4 Å². The van der Waals surface area contributed by atoms with E-state index in [4.69, 9.17) is 14.5 Å². The van der Waals surface area contributed by atoms with Crippen molar-refractivity contribution in [1.82, 2.24) is 24.7 Å². The molecule has 31 heavy (non-hydrogen) atoms. The molecular weight excluding hydrogens is 390 g/mol. The summed E-state index contributed by atoms with van der Waals surface area (Å²) < 4.78 is 13.4. The molecule has 154 valence electrons. The van der Waals surface area contributed by atoms with E-state index in [1.165, 1.54) is 0 Å². The Morgan fingerprint density at radius 3 is 2.55 bits per heavy atom. The summed E-state index contributed by atoms with van der Waals surface area (Å²) in [5.41, 5.74) is 5.31. The molecule has 0 aliphatic carbocycles. The number of hydrogen-bond acceptors (Lipinski definition) is 5. The molecule has 5 rings (SSSR count). The Morgan fingerprint density at radius 1 is 1.00 bits per heavy atom. The van der Waals surface area contributed by atoms with Crippen LogP contribution in [0.4, 0.5) is 0 Å². The van der Waals surface area contributed by atoms with Gasteiger partial charge in [0.25, 0.3) is 0 Å². The molecule has 0 fully saturated rings. The van der Waals surface area contributed by atoms with Crippen LogP contribution in [-0.4, -0.2) is 31.8 Å². The zero-order chi connectivity index (χ0) is 21.4. The van der Waals surface area contributed by atoms with Gasteiger partial charge in [-0.25, -0.2) is 9.97 Å². The number of aromatic amines is 1. The van der Waals surface area contributed by atoms with Crippen molar-refractivity contribution in [2.75, 3.05) is 7.11 Å². The van der Waals surface area contributed by atoms with Gasteiger partial charge in [0.2, 0.25) is 5.88 Å². The minimum absolute atomic E-state index is 0.606. The summed E-state index contributed by atoms with van der Waals surface area (Å²) in [6, 6.07) is 15.8. The van der Waals surface area contributed by atoms with Crippen LogP contribution >= 0.6 is 0 Å². The molecule has 0 saturated carbocycles. The molecular formula is C24H21N5O2. The van der Waals surface area contributed by atoms with Gasteiger partial charge in [-0.1, -0.05) is 18.2 Å². The average Bonchev–Trinajstić information content (AvgIpc) is 3.41. The van der Waals surface area contributed by atoms with Gasteiger partial charge < -0.3 is 14.5 Å². The van der Waals surface area contributed by atoms with Crippen LogP contribution in [0, 0.1) is 6.92 Å². The number of hydrogen-bond donors (Lipinski definition) is 1. The van der Waals surface area contributed by atoms with E-state index in [1.54, 1.807) is 24.2 Å². The number of nitrogens with zero attached hydrogens (tertiary/aromatic N) is 4. The number of rotatable bonds is 5. The first-order chi connectivity index (χ1) is 15.1. The summed E-state index contributed by atoms with van der Waals surface area (Å²) in [5, 5.41) is 4.25. The summed E-state index contributed by atoms with van der Waals surface area (Å²) in [4.78, 5) is 12.7. The largest absolute Gasteiger partial charge is 0.481 e. The molecule has 3 heterocycles. The molecule has 7 heteroatoms. The average molecular weight is 411 g/mol. The Morgan fingerprint density at radius 2 is 1.84 bits per heavy atom. The predicted octanol–water partition coefficient (Wildman–Crippen LogP) is 5.13. The molecule has 0 atom stereocenters. The SMILES string of the molecule is COc1ncc(-c2ccc3[nH]c(-c4cnn(C)c4)nc3c2Oc2ccccc2)cc1C. The van der Waals surface area contributed by atoms with Gasteiger partial charge in [0.15, 0.2) is 5.75 Å². The van der Waals surface area contributed by atoms with Crippen molar-refractivity contribution >= 4 is 11.0 Å². The lowest BCUT2D eigenvalue weighted by Gasteiger charge is -2.13. The highest BCUT2D eigenvalue weighted by molar-refractivity contribution is 5.92. The second-order valence-electron chi connectivity index (χ2n) is 7.29. The summed E-state index contributed by atoms with van der Waals surface area (Å²) in [7, 11) is 3.50. The Bertz CT molecular complexity index is 1370. The third kappa shape index (κ3) is 3.50. The Hall–Kier alpha value is -4.13. The van der Waals surface area contributed by atoms with Crippen LogP contribution in [-0.2, 0) is 7.05 Å². The van der Waals surface area contributed by atoms with Crippen LogP contribution in [0.2, 0.25) is 0 Å². The van der Waals surface area contributed by atoms with Gasteiger partial charge in [-0.15, -0.1) is 0 Å². The molecule has 3 aromatic heterocycles. The Balaban J connectivity index is 1.70. The highest BCUT2D eigenvalue weighted by Crippen LogP contribution is 2.40. The van der Waals surface area contributed by atoms with Crippen molar-refractivity contribution in [3.05, 3.63) is 72.7 Å². The second kappa shape index (κ2) is 7.60. The van der Waals surface area contributed by atoms with Gasteiger partial charge in [-0.05, 0) is 37.3 Å². The summed E-state index contributed by atoms with van der Waals surface area (Å²) >= 11 is 0. The van der Waals surface area contributed by atoms with Gasteiger partial charge >= 0.3 is 0 Å². The molecule has 1 N–H and O–H groups in total. The maximum Gasteiger partial charge on any atom is 0.215 e. The third-order valence-electron chi connectivity index (χ3n) is 5.08. The molecule has 0 aliphatic heterocycles. The minimum Gasteiger partial charge on any atom is -0.481 e. The van der Waals surface area contributed by atoms with E-state index >= 15 is 0 Å². The van der Waals surface area contributed by atoms with Crippen LogP contribution in [0.3, 0.4) is 0 Å². The number of benzene rings is 2. The van der Waals surface area contributed by atoms with Crippen LogP contribution in [0.5, 0.6) is 17.4 Å². The number of H-pyrrole nitrogens is 1. The van der Waals surface area contributed by atoms with Crippen molar-refractivity contribution in [2.45, 2.75) is 6.92 Å². The molecule has 2 aromatic carbocycles. The number of aromatic nitrogens is 5. The van der Waals surface area contributed by atoms with Crippen LogP contribution in [0.1, 0.15) is 5.56 Å². The van der Waals surface area contributed by atoms with Crippen LogP contribution in [0.25, 0.3) is 33.5 Å². The van der Waals surface area contributed by atoms with Crippen molar-refractivity contribution in [2.24, 2.45) is 7.05 Å². The van der Waals surface area contributed by atoms with E-state index in [0.29, 0.717) is 11.6 Å². The predicted molar refractivity (Wildman–Crippen MR) is 119 cm³/mol. The molecule has 5 aromatic rings. The highest BCUT2D eigenvalue weighted by atomic mass is 16.5.